The summed E-state index contributed by atoms with van der Waals surface area (Å²) >= 11 is 0. The van der Waals surface area contributed by atoms with E-state index in [1.54, 1.807) is 18.3 Å². The first kappa shape index (κ1) is 11.2. The smallest absolute Gasteiger partial charge is 0.213 e. The lowest BCUT2D eigenvalue weighted by Gasteiger charge is -2.01. The van der Waals surface area contributed by atoms with E-state index in [4.69, 9.17) is 9.94 Å². The molecule has 0 bridgehead atoms. The molecule has 0 unspecified atom stereocenters. The minimum atomic E-state index is 0.504. The molecule has 0 spiro atoms. The molecule has 0 amide bonds. The zero-order valence-electron chi connectivity index (χ0n) is 8.42. The Balaban J connectivity index is 2.52. The Kier molecular flexibility index (Phi) is 4.89. The van der Waals surface area contributed by atoms with E-state index in [0.29, 0.717) is 18.2 Å². The second-order valence-corrected chi connectivity index (χ2v) is 2.62. The number of hydrogen-bond donors (Lipinski definition) is 2. The molecule has 80 valence electrons. The van der Waals surface area contributed by atoms with Gasteiger partial charge in [0, 0.05) is 6.07 Å². The Labute approximate surface area is 88.1 Å². The SMILES string of the molecule is CC=CCOc1ccc(N=CNO)cn1. The number of allylic oxidation sites excluding steroid dienone is 1. The van der Waals surface area contributed by atoms with Crippen molar-refractivity contribution in [1.29, 1.82) is 0 Å². The summed E-state index contributed by atoms with van der Waals surface area (Å²) in [6.45, 7) is 2.43. The van der Waals surface area contributed by atoms with Crippen LogP contribution in [0.5, 0.6) is 5.88 Å². The topological polar surface area (TPSA) is 66.7 Å². The fourth-order valence-electron chi connectivity index (χ4n) is 0.867. The van der Waals surface area contributed by atoms with Gasteiger partial charge in [0.15, 0.2) is 0 Å². The molecule has 1 heterocycles. The van der Waals surface area contributed by atoms with Gasteiger partial charge in [0.2, 0.25) is 5.88 Å². The Morgan fingerprint density at radius 3 is 3.07 bits per heavy atom. The van der Waals surface area contributed by atoms with Crippen LogP contribution in [0, 0.1) is 0 Å². The van der Waals surface area contributed by atoms with E-state index in [1.165, 1.54) is 0 Å². The Hall–Kier alpha value is -1.88. The summed E-state index contributed by atoms with van der Waals surface area (Å²) in [6, 6.07) is 3.46. The molecule has 0 saturated carbocycles. The maximum atomic E-state index is 8.27. The third-order valence-corrected chi connectivity index (χ3v) is 1.56. The van der Waals surface area contributed by atoms with Crippen molar-refractivity contribution >= 4 is 12.0 Å². The van der Waals surface area contributed by atoms with Crippen LogP contribution in [-0.4, -0.2) is 23.1 Å². The average molecular weight is 207 g/mol. The van der Waals surface area contributed by atoms with Gasteiger partial charge in [-0.1, -0.05) is 12.2 Å². The van der Waals surface area contributed by atoms with Crippen LogP contribution in [-0.2, 0) is 0 Å². The number of rotatable bonds is 5. The molecule has 0 saturated heterocycles. The number of hydroxylamine groups is 1. The summed E-state index contributed by atoms with van der Waals surface area (Å²) in [5.74, 6) is 0.545. The summed E-state index contributed by atoms with van der Waals surface area (Å²) in [6.07, 6.45) is 6.52. The summed E-state index contributed by atoms with van der Waals surface area (Å²) in [5, 5.41) is 8.27. The van der Waals surface area contributed by atoms with Crippen molar-refractivity contribution in [2.45, 2.75) is 6.92 Å². The molecule has 0 aliphatic heterocycles. The second kappa shape index (κ2) is 6.56. The molecule has 5 nitrogen and oxygen atoms in total. The molecule has 0 radical (unpaired) electrons. The third kappa shape index (κ3) is 4.24. The predicted molar refractivity (Wildman–Crippen MR) is 57.6 cm³/mol. The second-order valence-electron chi connectivity index (χ2n) is 2.62. The van der Waals surface area contributed by atoms with Gasteiger partial charge in [-0.3, -0.25) is 10.7 Å². The standard InChI is InChI=1S/C10H13N3O2/c1-2-3-6-15-10-5-4-9(7-11-10)12-8-13-14/h2-5,7-8,14H,6H2,1H3,(H,12,13). The van der Waals surface area contributed by atoms with Crippen molar-refractivity contribution in [2.75, 3.05) is 6.61 Å². The van der Waals surface area contributed by atoms with Gasteiger partial charge >= 0.3 is 0 Å². The summed E-state index contributed by atoms with van der Waals surface area (Å²) in [7, 11) is 0. The highest BCUT2D eigenvalue weighted by Crippen LogP contribution is 2.13. The van der Waals surface area contributed by atoms with Crippen molar-refractivity contribution in [3.05, 3.63) is 30.5 Å². The lowest BCUT2D eigenvalue weighted by Crippen LogP contribution is -2.01. The number of nitrogens with zero attached hydrogens (tertiary/aromatic N) is 2. The minimum absolute atomic E-state index is 0.504. The molecular formula is C10H13N3O2. The highest BCUT2D eigenvalue weighted by Gasteiger charge is 1.93. The van der Waals surface area contributed by atoms with Crippen LogP contribution in [0.1, 0.15) is 6.92 Å². The zero-order chi connectivity index (χ0) is 10.9. The number of aliphatic imine (C=N–C) groups is 1. The fraction of sp³-hybridized carbons (Fsp3) is 0.200. The molecule has 2 N–H and O–H groups in total. The van der Waals surface area contributed by atoms with Crippen LogP contribution in [0.15, 0.2) is 35.5 Å². The van der Waals surface area contributed by atoms with Crippen molar-refractivity contribution in [2.24, 2.45) is 4.99 Å². The molecule has 0 fully saturated rings. The van der Waals surface area contributed by atoms with Crippen LogP contribution in [0.2, 0.25) is 0 Å². The number of nitrogens with one attached hydrogen (secondary N) is 1. The normalized spacial score (nSPS) is 11.1. The highest BCUT2D eigenvalue weighted by atomic mass is 16.5. The molecule has 5 heteroatoms. The fourth-order valence-corrected chi connectivity index (χ4v) is 0.867. The maximum absolute atomic E-state index is 8.27. The first-order valence-electron chi connectivity index (χ1n) is 4.49. The molecule has 1 aromatic heterocycles. The van der Waals surface area contributed by atoms with Crippen LogP contribution in [0.4, 0.5) is 5.69 Å². The minimum Gasteiger partial charge on any atom is -0.473 e. The van der Waals surface area contributed by atoms with E-state index in [1.807, 2.05) is 24.6 Å². The largest absolute Gasteiger partial charge is 0.473 e. The molecule has 0 aliphatic carbocycles. The number of hydrogen-bond acceptors (Lipinski definition) is 4. The molecule has 0 atom stereocenters. The first-order valence-corrected chi connectivity index (χ1v) is 4.49. The maximum Gasteiger partial charge on any atom is 0.213 e. The summed E-state index contributed by atoms with van der Waals surface area (Å²) in [5.41, 5.74) is 2.45. The number of pyridine rings is 1. The Bertz CT molecular complexity index is 333. The van der Waals surface area contributed by atoms with Gasteiger partial charge < -0.3 is 4.74 Å². The van der Waals surface area contributed by atoms with Gasteiger partial charge in [0.1, 0.15) is 12.9 Å². The van der Waals surface area contributed by atoms with Gasteiger partial charge in [-0.15, -0.1) is 0 Å². The summed E-state index contributed by atoms with van der Waals surface area (Å²) in [4.78, 5) is 7.87. The Morgan fingerprint density at radius 1 is 1.60 bits per heavy atom. The number of aromatic nitrogens is 1. The molecule has 15 heavy (non-hydrogen) atoms. The summed E-state index contributed by atoms with van der Waals surface area (Å²) < 4.78 is 5.29. The lowest BCUT2D eigenvalue weighted by atomic mass is 10.4. The van der Waals surface area contributed by atoms with E-state index in [-0.39, 0.29) is 0 Å². The average Bonchev–Trinajstić information content (AvgIpc) is 2.28. The van der Waals surface area contributed by atoms with Crippen molar-refractivity contribution in [3.8, 4) is 5.88 Å². The lowest BCUT2D eigenvalue weighted by molar-refractivity contribution is 0.240. The monoisotopic (exact) mass is 207 g/mol. The van der Waals surface area contributed by atoms with Crippen molar-refractivity contribution < 1.29 is 9.94 Å². The highest BCUT2D eigenvalue weighted by molar-refractivity contribution is 5.59. The van der Waals surface area contributed by atoms with E-state index in [2.05, 4.69) is 9.98 Å². The van der Waals surface area contributed by atoms with Crippen molar-refractivity contribution in [1.82, 2.24) is 10.5 Å². The van der Waals surface area contributed by atoms with Crippen LogP contribution in [0.3, 0.4) is 0 Å². The predicted octanol–water partition coefficient (Wildman–Crippen LogP) is 1.68. The molecule has 1 aromatic rings. The Morgan fingerprint density at radius 2 is 2.47 bits per heavy atom. The van der Waals surface area contributed by atoms with Crippen LogP contribution < -0.4 is 10.2 Å². The van der Waals surface area contributed by atoms with Crippen molar-refractivity contribution in [3.63, 3.8) is 0 Å². The molecular weight excluding hydrogens is 194 g/mol. The van der Waals surface area contributed by atoms with Crippen LogP contribution in [0.25, 0.3) is 0 Å². The zero-order valence-corrected chi connectivity index (χ0v) is 8.42. The van der Waals surface area contributed by atoms with E-state index in [0.717, 1.165) is 6.34 Å². The van der Waals surface area contributed by atoms with Gasteiger partial charge in [-0.25, -0.2) is 9.98 Å². The van der Waals surface area contributed by atoms with Gasteiger partial charge in [0.05, 0.1) is 11.9 Å². The van der Waals surface area contributed by atoms with E-state index in [9.17, 15) is 0 Å². The first-order chi connectivity index (χ1) is 7.36. The van der Waals surface area contributed by atoms with E-state index >= 15 is 0 Å². The van der Waals surface area contributed by atoms with Gasteiger partial charge in [-0.2, -0.15) is 0 Å². The van der Waals surface area contributed by atoms with E-state index < -0.39 is 0 Å². The van der Waals surface area contributed by atoms with Gasteiger partial charge in [-0.05, 0) is 13.0 Å². The third-order valence-electron chi connectivity index (χ3n) is 1.56. The van der Waals surface area contributed by atoms with Crippen LogP contribution >= 0.6 is 0 Å². The van der Waals surface area contributed by atoms with Gasteiger partial charge in [0.25, 0.3) is 0 Å². The number of ether oxygens (including phenoxy) is 1. The quantitative estimate of drug-likeness (QED) is 0.333. The molecule has 0 aliphatic rings. The molecule has 1 rings (SSSR count). The molecule has 0 aromatic carbocycles.